The molecular formula is C20H25N3O4S. The Morgan fingerprint density at radius 1 is 1.11 bits per heavy atom. The summed E-state index contributed by atoms with van der Waals surface area (Å²) < 4.78 is 30.6. The Balaban J connectivity index is 2.02. The Kier molecular flexibility index (Phi) is 7.57. The van der Waals surface area contributed by atoms with E-state index in [0.29, 0.717) is 17.9 Å². The van der Waals surface area contributed by atoms with Crippen molar-refractivity contribution in [1.82, 2.24) is 5.43 Å². The fourth-order valence-electron chi connectivity index (χ4n) is 2.57. The molecule has 0 saturated carbocycles. The zero-order valence-electron chi connectivity index (χ0n) is 16.3. The van der Waals surface area contributed by atoms with Crippen LogP contribution in [0.4, 0.5) is 5.69 Å². The van der Waals surface area contributed by atoms with Crippen molar-refractivity contribution < 1.29 is 17.9 Å². The summed E-state index contributed by atoms with van der Waals surface area (Å²) >= 11 is 0. The number of hydrogen-bond donors (Lipinski definition) is 1. The topological polar surface area (TPSA) is 88.1 Å². The number of amides is 1. The van der Waals surface area contributed by atoms with Crippen molar-refractivity contribution in [1.29, 1.82) is 0 Å². The van der Waals surface area contributed by atoms with Gasteiger partial charge < -0.3 is 4.74 Å². The molecule has 0 aliphatic carbocycles. The van der Waals surface area contributed by atoms with E-state index >= 15 is 0 Å². The molecule has 0 atom stereocenters. The highest BCUT2D eigenvalue weighted by Crippen LogP contribution is 2.29. The Hall–Kier alpha value is -2.87. The van der Waals surface area contributed by atoms with Gasteiger partial charge in [0.1, 0.15) is 12.3 Å². The first-order chi connectivity index (χ1) is 13.3. The molecular weight excluding hydrogens is 378 g/mol. The van der Waals surface area contributed by atoms with Gasteiger partial charge >= 0.3 is 0 Å². The number of aryl methyl sites for hydroxylation is 1. The lowest BCUT2D eigenvalue weighted by Crippen LogP contribution is -2.39. The van der Waals surface area contributed by atoms with Crippen molar-refractivity contribution in [3.63, 3.8) is 0 Å². The van der Waals surface area contributed by atoms with Crippen molar-refractivity contribution >= 4 is 27.3 Å². The number of benzene rings is 2. The number of anilines is 1. The molecule has 0 fully saturated rings. The summed E-state index contributed by atoms with van der Waals surface area (Å²) in [6.45, 7) is 1.42. The number of hydrogen-bond acceptors (Lipinski definition) is 5. The molecule has 0 unspecified atom stereocenters. The summed E-state index contributed by atoms with van der Waals surface area (Å²) in [5, 5.41) is 4.07. The average Bonchev–Trinajstić information content (AvgIpc) is 2.68. The van der Waals surface area contributed by atoms with E-state index in [-0.39, 0.29) is 0 Å². The Morgan fingerprint density at radius 2 is 1.75 bits per heavy atom. The van der Waals surface area contributed by atoms with E-state index in [9.17, 15) is 13.2 Å². The molecule has 7 nitrogen and oxygen atoms in total. The summed E-state index contributed by atoms with van der Waals surface area (Å²) in [6, 6.07) is 16.6. The van der Waals surface area contributed by atoms with Gasteiger partial charge in [-0.15, -0.1) is 0 Å². The number of rotatable bonds is 9. The molecule has 0 aliphatic rings. The van der Waals surface area contributed by atoms with Gasteiger partial charge in [-0.05, 0) is 37.5 Å². The molecule has 1 N–H and O–H groups in total. The van der Waals surface area contributed by atoms with Crippen molar-refractivity contribution in [2.45, 2.75) is 19.8 Å². The molecule has 2 aromatic rings. The zero-order chi connectivity index (χ0) is 20.6. The van der Waals surface area contributed by atoms with Gasteiger partial charge in [-0.3, -0.25) is 9.10 Å². The lowest BCUT2D eigenvalue weighted by Gasteiger charge is -2.23. The molecule has 8 heteroatoms. The number of carbonyl (C=O) groups excluding carboxylic acids is 1. The average molecular weight is 404 g/mol. The van der Waals surface area contributed by atoms with Gasteiger partial charge in [-0.1, -0.05) is 42.5 Å². The number of methoxy groups -OCH3 is 1. The van der Waals surface area contributed by atoms with Crippen molar-refractivity contribution in [3.8, 4) is 5.75 Å². The van der Waals surface area contributed by atoms with Gasteiger partial charge in [0.15, 0.2) is 0 Å². The van der Waals surface area contributed by atoms with Crippen molar-refractivity contribution in [3.05, 3.63) is 60.2 Å². The molecule has 28 heavy (non-hydrogen) atoms. The zero-order valence-corrected chi connectivity index (χ0v) is 17.1. The van der Waals surface area contributed by atoms with E-state index in [1.165, 1.54) is 12.7 Å². The van der Waals surface area contributed by atoms with E-state index < -0.39 is 22.5 Å². The van der Waals surface area contributed by atoms with Crippen LogP contribution in [0.2, 0.25) is 0 Å². The predicted octanol–water partition coefficient (Wildman–Crippen LogP) is 2.59. The van der Waals surface area contributed by atoms with Gasteiger partial charge in [0.25, 0.3) is 5.91 Å². The van der Waals surface area contributed by atoms with Gasteiger partial charge in [0.05, 0.1) is 19.1 Å². The fourth-order valence-corrected chi connectivity index (χ4v) is 3.43. The van der Waals surface area contributed by atoms with Crippen LogP contribution in [0.3, 0.4) is 0 Å². The maximum absolute atomic E-state index is 12.3. The molecule has 2 rings (SSSR count). The van der Waals surface area contributed by atoms with Crippen LogP contribution in [0.5, 0.6) is 5.75 Å². The minimum atomic E-state index is -3.69. The number of sulfonamides is 1. The molecule has 2 aromatic carbocycles. The largest absolute Gasteiger partial charge is 0.495 e. The molecule has 0 spiro atoms. The molecule has 0 saturated heterocycles. The van der Waals surface area contributed by atoms with Crippen molar-refractivity contribution in [2.75, 3.05) is 24.2 Å². The van der Waals surface area contributed by atoms with Gasteiger partial charge in [-0.2, -0.15) is 5.10 Å². The first-order valence-electron chi connectivity index (χ1n) is 8.78. The van der Waals surface area contributed by atoms with E-state index in [2.05, 4.69) is 10.5 Å². The summed E-state index contributed by atoms with van der Waals surface area (Å²) in [4.78, 5) is 12.3. The number of hydrazone groups is 1. The highest BCUT2D eigenvalue weighted by atomic mass is 32.2. The minimum absolute atomic E-state index is 0.299. The minimum Gasteiger partial charge on any atom is -0.495 e. The van der Waals surface area contributed by atoms with Crippen LogP contribution >= 0.6 is 0 Å². The van der Waals surface area contributed by atoms with Crippen LogP contribution in [0.25, 0.3) is 0 Å². The van der Waals surface area contributed by atoms with Crippen LogP contribution in [-0.4, -0.2) is 39.9 Å². The lowest BCUT2D eigenvalue weighted by molar-refractivity contribution is -0.119. The van der Waals surface area contributed by atoms with Crippen LogP contribution < -0.4 is 14.5 Å². The van der Waals surface area contributed by atoms with Gasteiger partial charge in [0, 0.05) is 5.71 Å². The second kappa shape index (κ2) is 9.89. The van der Waals surface area contributed by atoms with Crippen LogP contribution in [0.1, 0.15) is 18.9 Å². The first kappa shape index (κ1) is 21.4. The molecule has 1 amide bonds. The molecule has 0 radical (unpaired) electrons. The normalized spacial score (nSPS) is 11.8. The summed E-state index contributed by atoms with van der Waals surface area (Å²) in [7, 11) is -2.24. The number of carbonyl (C=O) groups is 1. The van der Waals surface area contributed by atoms with Crippen LogP contribution in [0, 0.1) is 0 Å². The summed E-state index contributed by atoms with van der Waals surface area (Å²) in [5.41, 5.74) is 4.66. The third-order valence-electron chi connectivity index (χ3n) is 4.03. The molecule has 0 aromatic heterocycles. The molecule has 0 bridgehead atoms. The third kappa shape index (κ3) is 6.38. The third-order valence-corrected chi connectivity index (χ3v) is 5.16. The molecule has 150 valence electrons. The van der Waals surface area contributed by atoms with E-state index in [4.69, 9.17) is 4.74 Å². The SMILES string of the molecule is COc1ccccc1N(CC(=O)N/N=C(/C)CCc1ccccc1)S(C)(=O)=O. The quantitative estimate of drug-likeness (QED) is 0.515. The van der Waals surface area contributed by atoms with Crippen LogP contribution in [0.15, 0.2) is 59.7 Å². The second-order valence-electron chi connectivity index (χ2n) is 6.31. The lowest BCUT2D eigenvalue weighted by atomic mass is 10.1. The standard InChI is InChI=1S/C20H25N3O4S/c1-16(13-14-17-9-5-4-6-10-17)21-22-20(24)15-23(28(3,25)26)18-11-7-8-12-19(18)27-2/h4-12H,13-15H2,1-3H3,(H,22,24)/b21-16-. The number of nitrogens with one attached hydrogen (secondary N) is 1. The van der Waals surface area contributed by atoms with E-state index in [1.54, 1.807) is 24.3 Å². The summed E-state index contributed by atoms with van der Waals surface area (Å²) in [5.74, 6) is -0.168. The van der Waals surface area contributed by atoms with E-state index in [1.807, 2.05) is 37.3 Å². The van der Waals surface area contributed by atoms with Crippen molar-refractivity contribution in [2.24, 2.45) is 5.10 Å². The number of nitrogens with zero attached hydrogens (tertiary/aromatic N) is 2. The fraction of sp³-hybridized carbons (Fsp3) is 0.300. The first-order valence-corrected chi connectivity index (χ1v) is 10.6. The Bertz CT molecular complexity index is 927. The predicted molar refractivity (Wildman–Crippen MR) is 111 cm³/mol. The van der Waals surface area contributed by atoms with Gasteiger partial charge in [-0.25, -0.2) is 13.8 Å². The van der Waals surface area contributed by atoms with Gasteiger partial charge in [0.2, 0.25) is 10.0 Å². The maximum Gasteiger partial charge on any atom is 0.260 e. The molecule has 0 heterocycles. The van der Waals surface area contributed by atoms with E-state index in [0.717, 1.165) is 22.7 Å². The Labute approximate surface area is 166 Å². The number of ether oxygens (including phenoxy) is 1. The monoisotopic (exact) mass is 403 g/mol. The Morgan fingerprint density at radius 3 is 2.39 bits per heavy atom. The van der Waals surface area contributed by atoms with Crippen LogP contribution in [-0.2, 0) is 21.2 Å². The maximum atomic E-state index is 12.3. The highest BCUT2D eigenvalue weighted by Gasteiger charge is 2.23. The number of para-hydroxylation sites is 2. The summed E-state index contributed by atoms with van der Waals surface area (Å²) in [6.07, 6.45) is 2.54. The molecule has 0 aliphatic heterocycles. The smallest absolute Gasteiger partial charge is 0.260 e. The second-order valence-corrected chi connectivity index (χ2v) is 8.22. The highest BCUT2D eigenvalue weighted by molar-refractivity contribution is 7.92.